The van der Waals surface area contributed by atoms with Gasteiger partial charge in [-0.15, -0.1) is 11.3 Å². The van der Waals surface area contributed by atoms with Crippen molar-refractivity contribution in [2.45, 2.75) is 6.92 Å². The van der Waals surface area contributed by atoms with E-state index in [9.17, 15) is 9.59 Å². The number of thiophene rings is 1. The predicted molar refractivity (Wildman–Crippen MR) is 88.1 cm³/mol. The summed E-state index contributed by atoms with van der Waals surface area (Å²) in [7, 11) is 3.19. The molecule has 0 saturated heterocycles. The lowest BCUT2D eigenvalue weighted by Gasteiger charge is -2.10. The zero-order chi connectivity index (χ0) is 16.6. The molecule has 0 radical (unpaired) electrons. The molecule has 23 heavy (non-hydrogen) atoms. The summed E-state index contributed by atoms with van der Waals surface area (Å²) in [4.78, 5) is 26.3. The van der Waals surface area contributed by atoms with Crippen LogP contribution < -0.4 is 9.47 Å². The fourth-order valence-corrected chi connectivity index (χ4v) is 2.92. The number of hydrogen-bond donors (Lipinski definition) is 0. The molecule has 0 atom stereocenters. The van der Waals surface area contributed by atoms with Crippen molar-refractivity contribution in [2.75, 3.05) is 14.1 Å². The van der Waals surface area contributed by atoms with Crippen molar-refractivity contribution in [3.63, 3.8) is 0 Å². The smallest absolute Gasteiger partial charge is 0.414 e. The Labute approximate surface area is 137 Å². The molecule has 1 aliphatic heterocycles. The van der Waals surface area contributed by atoms with Gasteiger partial charge < -0.3 is 14.4 Å². The van der Waals surface area contributed by atoms with Crippen LogP contribution in [-0.2, 0) is 0 Å². The topological polar surface area (TPSA) is 55.8 Å². The van der Waals surface area contributed by atoms with Crippen LogP contribution >= 0.6 is 11.3 Å². The van der Waals surface area contributed by atoms with E-state index in [0.29, 0.717) is 17.1 Å². The molecular weight excluding hydrogens is 314 g/mol. The fraction of sp³-hybridized carbons (Fsp3) is 0.176. The summed E-state index contributed by atoms with van der Waals surface area (Å²) < 4.78 is 10.8. The Bertz CT molecular complexity index is 820. The first kappa shape index (κ1) is 15.3. The zero-order valence-corrected chi connectivity index (χ0v) is 13.8. The van der Waals surface area contributed by atoms with Gasteiger partial charge in [-0.05, 0) is 36.1 Å². The van der Waals surface area contributed by atoms with Gasteiger partial charge in [0.2, 0.25) is 5.78 Å². The highest BCUT2D eigenvalue weighted by Crippen LogP contribution is 2.35. The molecule has 0 unspecified atom stereocenters. The molecule has 1 aromatic heterocycles. The zero-order valence-electron chi connectivity index (χ0n) is 13.0. The molecule has 2 heterocycles. The molecule has 0 N–H and O–H groups in total. The summed E-state index contributed by atoms with van der Waals surface area (Å²) >= 11 is 1.55. The van der Waals surface area contributed by atoms with Crippen molar-refractivity contribution in [1.82, 2.24) is 4.90 Å². The molecule has 1 aromatic carbocycles. The first-order valence-electron chi connectivity index (χ1n) is 6.97. The second kappa shape index (κ2) is 5.89. The Balaban J connectivity index is 1.87. The molecule has 0 aliphatic carbocycles. The number of allylic oxidation sites excluding steroid dienone is 1. The van der Waals surface area contributed by atoms with Gasteiger partial charge in [0.1, 0.15) is 11.5 Å². The number of hydrogen-bond acceptors (Lipinski definition) is 5. The summed E-state index contributed by atoms with van der Waals surface area (Å²) in [6.45, 7) is 1.98. The number of nitrogens with zero attached hydrogens (tertiary/aromatic N) is 1. The van der Waals surface area contributed by atoms with Crippen LogP contribution in [0.15, 0.2) is 35.4 Å². The van der Waals surface area contributed by atoms with Gasteiger partial charge >= 0.3 is 6.09 Å². The molecule has 0 spiro atoms. The van der Waals surface area contributed by atoms with Crippen LogP contribution in [-0.4, -0.2) is 30.9 Å². The normalized spacial score (nSPS) is 14.6. The van der Waals surface area contributed by atoms with Gasteiger partial charge in [-0.2, -0.15) is 0 Å². The molecule has 0 fully saturated rings. The van der Waals surface area contributed by atoms with Crippen LogP contribution in [0.2, 0.25) is 0 Å². The van der Waals surface area contributed by atoms with Gasteiger partial charge in [-0.3, -0.25) is 4.79 Å². The Kier molecular flexibility index (Phi) is 3.92. The van der Waals surface area contributed by atoms with Gasteiger partial charge in [0.25, 0.3) is 0 Å². The average molecular weight is 329 g/mol. The summed E-state index contributed by atoms with van der Waals surface area (Å²) in [5.41, 5.74) is 1.56. The number of carbonyl (C=O) groups excluding carboxylic acids is 2. The van der Waals surface area contributed by atoms with Crippen LogP contribution in [0.3, 0.4) is 0 Å². The van der Waals surface area contributed by atoms with E-state index in [0.717, 1.165) is 10.4 Å². The number of amides is 1. The molecule has 0 bridgehead atoms. The minimum absolute atomic E-state index is 0.168. The summed E-state index contributed by atoms with van der Waals surface area (Å²) in [6, 6.07) is 6.73. The van der Waals surface area contributed by atoms with Crippen molar-refractivity contribution in [1.29, 1.82) is 0 Å². The van der Waals surface area contributed by atoms with Crippen LogP contribution in [0.1, 0.15) is 20.8 Å². The Morgan fingerprint density at radius 1 is 1.30 bits per heavy atom. The minimum Gasteiger partial charge on any atom is -0.452 e. The van der Waals surface area contributed by atoms with Crippen molar-refractivity contribution < 1.29 is 19.1 Å². The van der Waals surface area contributed by atoms with Crippen LogP contribution in [0.25, 0.3) is 6.08 Å². The number of rotatable bonds is 2. The lowest BCUT2D eigenvalue weighted by atomic mass is 10.1. The maximum Gasteiger partial charge on any atom is 0.414 e. The molecule has 1 amide bonds. The second-order valence-corrected chi connectivity index (χ2v) is 6.28. The summed E-state index contributed by atoms with van der Waals surface area (Å²) in [5.74, 6) is 0.850. The number of Topliss-reactive ketones (excluding diaryl/α,β-unsaturated/α-hetero) is 1. The van der Waals surface area contributed by atoms with Crippen molar-refractivity contribution in [3.05, 3.63) is 51.4 Å². The SMILES string of the molecule is Cc1ccsc1/C=C1\Oc2cc(OC(=O)N(C)C)ccc2C1=O. The highest BCUT2D eigenvalue weighted by atomic mass is 32.1. The lowest BCUT2D eigenvalue weighted by Crippen LogP contribution is -2.25. The van der Waals surface area contributed by atoms with Gasteiger partial charge in [0.15, 0.2) is 5.76 Å². The van der Waals surface area contributed by atoms with Gasteiger partial charge in [0.05, 0.1) is 5.56 Å². The number of ether oxygens (including phenoxy) is 2. The van der Waals surface area contributed by atoms with E-state index in [2.05, 4.69) is 0 Å². The lowest BCUT2D eigenvalue weighted by molar-refractivity contribution is 0.101. The third-order valence-corrected chi connectivity index (χ3v) is 4.34. The molecular formula is C17H15NO4S. The average Bonchev–Trinajstić information content (AvgIpc) is 3.04. The maximum absolute atomic E-state index is 12.4. The molecule has 2 aromatic rings. The molecule has 1 aliphatic rings. The molecule has 5 nitrogen and oxygen atoms in total. The number of aryl methyl sites for hydroxylation is 1. The van der Waals surface area contributed by atoms with E-state index in [4.69, 9.17) is 9.47 Å². The fourth-order valence-electron chi connectivity index (χ4n) is 2.07. The van der Waals surface area contributed by atoms with Crippen molar-refractivity contribution in [3.8, 4) is 11.5 Å². The van der Waals surface area contributed by atoms with E-state index < -0.39 is 6.09 Å². The molecule has 118 valence electrons. The number of benzene rings is 1. The predicted octanol–water partition coefficient (Wildman–Crippen LogP) is 3.73. The van der Waals surface area contributed by atoms with E-state index in [1.165, 1.54) is 4.90 Å². The first-order chi connectivity index (χ1) is 11.0. The third-order valence-electron chi connectivity index (χ3n) is 3.38. The number of ketones is 1. The standard InChI is InChI=1S/C17H15NO4S/c1-10-6-7-23-15(10)9-14-16(19)12-5-4-11(8-13(12)22-14)21-17(20)18(2)3/h4-9H,1-3H3/b14-9-. The second-order valence-electron chi connectivity index (χ2n) is 5.33. The monoisotopic (exact) mass is 329 g/mol. The summed E-state index contributed by atoms with van der Waals surface area (Å²) in [5, 5.41) is 1.97. The van der Waals surface area contributed by atoms with Crippen molar-refractivity contribution >= 4 is 29.3 Å². The quantitative estimate of drug-likeness (QED) is 0.788. The first-order valence-corrected chi connectivity index (χ1v) is 7.85. The van der Waals surface area contributed by atoms with Gasteiger partial charge in [-0.25, -0.2) is 4.79 Å². The third kappa shape index (κ3) is 2.98. The molecule has 3 rings (SSSR count). The van der Waals surface area contributed by atoms with Gasteiger partial charge in [0, 0.05) is 31.1 Å². The highest BCUT2D eigenvalue weighted by molar-refractivity contribution is 7.11. The van der Waals surface area contributed by atoms with Gasteiger partial charge in [-0.1, -0.05) is 0 Å². The molecule has 0 saturated carbocycles. The Morgan fingerprint density at radius 3 is 2.74 bits per heavy atom. The summed E-state index contributed by atoms with van der Waals surface area (Å²) in [6.07, 6.45) is 1.26. The minimum atomic E-state index is -0.487. The van der Waals surface area contributed by atoms with E-state index in [1.54, 1.807) is 49.7 Å². The number of carbonyl (C=O) groups is 2. The maximum atomic E-state index is 12.4. The number of fused-ring (bicyclic) bond motifs is 1. The Morgan fingerprint density at radius 2 is 2.09 bits per heavy atom. The van der Waals surface area contributed by atoms with Crippen molar-refractivity contribution in [2.24, 2.45) is 0 Å². The van der Waals surface area contributed by atoms with E-state index in [-0.39, 0.29) is 11.5 Å². The van der Waals surface area contributed by atoms with Crippen LogP contribution in [0.5, 0.6) is 11.5 Å². The highest BCUT2D eigenvalue weighted by Gasteiger charge is 2.28. The largest absolute Gasteiger partial charge is 0.452 e. The molecule has 6 heteroatoms. The van der Waals surface area contributed by atoms with E-state index in [1.807, 2.05) is 18.4 Å². The Hall–Kier alpha value is -2.60. The van der Waals surface area contributed by atoms with Crippen LogP contribution in [0, 0.1) is 6.92 Å². The van der Waals surface area contributed by atoms with Crippen LogP contribution in [0.4, 0.5) is 4.79 Å². The van der Waals surface area contributed by atoms with E-state index >= 15 is 0 Å².